The minimum absolute atomic E-state index is 0.403. The highest BCUT2D eigenvalue weighted by molar-refractivity contribution is 5.93. The van der Waals surface area contributed by atoms with E-state index in [4.69, 9.17) is 11.5 Å². The van der Waals surface area contributed by atoms with E-state index in [0.717, 1.165) is 37.7 Å². The number of amidine groups is 1. The molecule has 1 atom stereocenters. The van der Waals surface area contributed by atoms with E-state index < -0.39 is 5.79 Å². The van der Waals surface area contributed by atoms with Crippen molar-refractivity contribution in [2.75, 3.05) is 26.2 Å². The first-order valence-electron chi connectivity index (χ1n) is 6.69. The first kappa shape index (κ1) is 12.9. The lowest BCUT2D eigenvalue weighted by Crippen LogP contribution is -2.57. The third kappa shape index (κ3) is 2.35. The number of piperazine rings is 1. The molecule has 20 heavy (non-hydrogen) atoms. The van der Waals surface area contributed by atoms with E-state index in [1.165, 1.54) is 0 Å². The van der Waals surface area contributed by atoms with Crippen LogP contribution < -0.4 is 22.1 Å². The van der Waals surface area contributed by atoms with Gasteiger partial charge >= 0.3 is 0 Å². The molecule has 1 saturated heterocycles. The summed E-state index contributed by atoms with van der Waals surface area (Å²) in [6.07, 6.45) is 1.82. The molecule has 1 unspecified atom stereocenters. The zero-order valence-corrected chi connectivity index (χ0v) is 11.5. The van der Waals surface area contributed by atoms with Gasteiger partial charge in [-0.3, -0.25) is 10.8 Å². The second kappa shape index (κ2) is 4.80. The standard InChI is InChI=1S/C12H20N8/c1-8-6-9(19-18-8)12(14)16-10(13)7-11(17-12)20-4-2-15-3-5-20/h6-7,15,17H,2-5,14H2,1H3,(H2,13,16)(H,18,19). The van der Waals surface area contributed by atoms with Crippen LogP contribution in [0.4, 0.5) is 0 Å². The Morgan fingerprint density at radius 3 is 2.75 bits per heavy atom. The molecule has 1 aromatic heterocycles. The third-order valence-electron chi connectivity index (χ3n) is 3.46. The number of aliphatic imine (C=N–C) groups is 1. The van der Waals surface area contributed by atoms with Gasteiger partial charge in [0.1, 0.15) is 17.4 Å². The molecule has 8 nitrogen and oxygen atoms in total. The van der Waals surface area contributed by atoms with Gasteiger partial charge in [0.2, 0.25) is 5.79 Å². The number of nitrogens with two attached hydrogens (primary N) is 2. The van der Waals surface area contributed by atoms with Crippen LogP contribution in [-0.4, -0.2) is 47.1 Å². The van der Waals surface area contributed by atoms with Gasteiger partial charge in [0.25, 0.3) is 0 Å². The summed E-state index contributed by atoms with van der Waals surface area (Å²) in [7, 11) is 0. The highest BCUT2D eigenvalue weighted by Gasteiger charge is 2.34. The number of hydrogen-bond donors (Lipinski definition) is 5. The number of aromatic nitrogens is 2. The summed E-state index contributed by atoms with van der Waals surface area (Å²) >= 11 is 0. The van der Waals surface area contributed by atoms with Crippen molar-refractivity contribution in [1.29, 1.82) is 0 Å². The van der Waals surface area contributed by atoms with Crippen LogP contribution in [-0.2, 0) is 5.79 Å². The first-order valence-corrected chi connectivity index (χ1v) is 6.69. The highest BCUT2D eigenvalue weighted by Crippen LogP contribution is 2.21. The fourth-order valence-electron chi connectivity index (χ4n) is 2.45. The number of aryl methyl sites for hydroxylation is 1. The van der Waals surface area contributed by atoms with Crippen LogP contribution >= 0.6 is 0 Å². The molecule has 0 amide bonds. The van der Waals surface area contributed by atoms with E-state index in [1.807, 2.05) is 19.1 Å². The molecule has 2 aliphatic heterocycles. The Morgan fingerprint density at radius 2 is 2.10 bits per heavy atom. The molecule has 1 fully saturated rings. The zero-order valence-electron chi connectivity index (χ0n) is 11.5. The molecule has 0 aliphatic carbocycles. The van der Waals surface area contributed by atoms with E-state index in [0.29, 0.717) is 11.5 Å². The molecule has 0 spiro atoms. The van der Waals surface area contributed by atoms with Gasteiger partial charge in [0.15, 0.2) is 0 Å². The normalized spacial score (nSPS) is 26.8. The van der Waals surface area contributed by atoms with Crippen LogP contribution in [0.25, 0.3) is 0 Å². The van der Waals surface area contributed by atoms with Crippen molar-refractivity contribution in [3.05, 3.63) is 29.4 Å². The summed E-state index contributed by atoms with van der Waals surface area (Å²) in [6.45, 7) is 5.61. The number of rotatable bonds is 2. The number of nitrogens with one attached hydrogen (secondary N) is 3. The van der Waals surface area contributed by atoms with Crippen LogP contribution in [0, 0.1) is 6.92 Å². The number of aromatic amines is 1. The monoisotopic (exact) mass is 276 g/mol. The second-order valence-electron chi connectivity index (χ2n) is 5.13. The second-order valence-corrected chi connectivity index (χ2v) is 5.13. The summed E-state index contributed by atoms with van der Waals surface area (Å²) in [5, 5.41) is 13.6. The van der Waals surface area contributed by atoms with Crippen LogP contribution in [0.1, 0.15) is 11.4 Å². The molecular weight excluding hydrogens is 256 g/mol. The van der Waals surface area contributed by atoms with Gasteiger partial charge in [0.05, 0.1) is 0 Å². The van der Waals surface area contributed by atoms with E-state index >= 15 is 0 Å². The topological polar surface area (TPSA) is 120 Å². The number of hydrogen-bond acceptors (Lipinski definition) is 7. The Balaban J connectivity index is 1.87. The molecule has 7 N–H and O–H groups in total. The van der Waals surface area contributed by atoms with Crippen molar-refractivity contribution >= 4 is 5.84 Å². The van der Waals surface area contributed by atoms with E-state index in [1.54, 1.807) is 0 Å². The van der Waals surface area contributed by atoms with Gasteiger partial charge in [-0.25, -0.2) is 4.99 Å². The Hall–Kier alpha value is -2.06. The lowest BCUT2D eigenvalue weighted by Gasteiger charge is -2.38. The average Bonchev–Trinajstić information content (AvgIpc) is 2.86. The summed E-state index contributed by atoms with van der Waals surface area (Å²) in [4.78, 5) is 6.51. The predicted octanol–water partition coefficient (Wildman–Crippen LogP) is -1.51. The highest BCUT2D eigenvalue weighted by atomic mass is 15.4. The third-order valence-corrected chi connectivity index (χ3v) is 3.46. The van der Waals surface area contributed by atoms with Gasteiger partial charge in [-0.15, -0.1) is 0 Å². The van der Waals surface area contributed by atoms with Gasteiger partial charge in [0, 0.05) is 37.9 Å². The van der Waals surface area contributed by atoms with Crippen molar-refractivity contribution in [2.24, 2.45) is 16.5 Å². The van der Waals surface area contributed by atoms with Crippen molar-refractivity contribution in [2.45, 2.75) is 12.7 Å². The molecule has 0 aromatic carbocycles. The van der Waals surface area contributed by atoms with Crippen LogP contribution in [0.2, 0.25) is 0 Å². The van der Waals surface area contributed by atoms with Crippen molar-refractivity contribution in [3.8, 4) is 0 Å². The van der Waals surface area contributed by atoms with Gasteiger partial charge in [-0.2, -0.15) is 5.10 Å². The maximum Gasteiger partial charge on any atom is 0.231 e. The van der Waals surface area contributed by atoms with E-state index in [-0.39, 0.29) is 0 Å². The molecule has 8 heteroatoms. The molecule has 1 aromatic rings. The molecule has 3 rings (SSSR count). The molecule has 0 bridgehead atoms. The number of nitrogens with zero attached hydrogens (tertiary/aromatic N) is 3. The summed E-state index contributed by atoms with van der Waals surface area (Å²) in [6, 6.07) is 1.87. The van der Waals surface area contributed by atoms with Crippen molar-refractivity contribution in [1.82, 2.24) is 25.7 Å². The van der Waals surface area contributed by atoms with E-state index in [9.17, 15) is 0 Å². The molecule has 0 radical (unpaired) electrons. The Morgan fingerprint density at radius 1 is 1.35 bits per heavy atom. The van der Waals surface area contributed by atoms with Crippen LogP contribution in [0.5, 0.6) is 0 Å². The molecule has 0 saturated carbocycles. The Labute approximate surface area is 117 Å². The largest absolute Gasteiger partial charge is 0.384 e. The fraction of sp³-hybridized carbons (Fsp3) is 0.500. The maximum atomic E-state index is 6.34. The molecule has 2 aliphatic rings. The molecular formula is C12H20N8. The van der Waals surface area contributed by atoms with Crippen LogP contribution in [0.3, 0.4) is 0 Å². The van der Waals surface area contributed by atoms with Crippen LogP contribution in [0.15, 0.2) is 23.0 Å². The first-order chi connectivity index (χ1) is 9.57. The quantitative estimate of drug-likeness (QED) is 0.448. The lowest BCUT2D eigenvalue weighted by atomic mass is 10.2. The summed E-state index contributed by atoms with van der Waals surface area (Å²) in [5.74, 6) is 0.173. The Kier molecular flexibility index (Phi) is 3.11. The summed E-state index contributed by atoms with van der Waals surface area (Å²) in [5.41, 5.74) is 13.8. The van der Waals surface area contributed by atoms with Gasteiger partial charge < -0.3 is 21.3 Å². The maximum absolute atomic E-state index is 6.34. The number of H-pyrrole nitrogens is 1. The van der Waals surface area contributed by atoms with E-state index in [2.05, 4.69) is 30.7 Å². The van der Waals surface area contributed by atoms with Crippen molar-refractivity contribution < 1.29 is 0 Å². The Bertz CT molecular complexity index is 554. The van der Waals surface area contributed by atoms with Gasteiger partial charge in [-0.05, 0) is 13.0 Å². The summed E-state index contributed by atoms with van der Waals surface area (Å²) < 4.78 is 0. The zero-order chi connectivity index (χ0) is 14.2. The minimum Gasteiger partial charge on any atom is -0.384 e. The lowest BCUT2D eigenvalue weighted by molar-refractivity contribution is 0.242. The van der Waals surface area contributed by atoms with Crippen molar-refractivity contribution in [3.63, 3.8) is 0 Å². The minimum atomic E-state index is -1.12. The fourth-order valence-corrected chi connectivity index (χ4v) is 2.45. The smallest absolute Gasteiger partial charge is 0.231 e. The predicted molar refractivity (Wildman–Crippen MR) is 76.5 cm³/mol. The van der Waals surface area contributed by atoms with Gasteiger partial charge in [-0.1, -0.05) is 0 Å². The SMILES string of the molecule is Cc1cc(C2(N)N=C(N)C=C(N3CCNCC3)N2)n[nH]1. The molecule has 3 heterocycles. The average molecular weight is 276 g/mol. The molecule has 108 valence electrons.